The fraction of sp³-hybridized carbons (Fsp3) is 0.333. The average Bonchev–Trinajstić information content (AvgIpc) is 2.86. The van der Waals surface area contributed by atoms with E-state index in [-0.39, 0.29) is 22.2 Å². The second-order valence-electron chi connectivity index (χ2n) is 5.44. The van der Waals surface area contributed by atoms with Gasteiger partial charge in [-0.1, -0.05) is 0 Å². The molecule has 0 amide bonds. The van der Waals surface area contributed by atoms with Crippen LogP contribution in [0.2, 0.25) is 0 Å². The molecule has 0 aliphatic heterocycles. The van der Waals surface area contributed by atoms with Gasteiger partial charge in [-0.05, 0) is 41.3 Å². The molecule has 0 bridgehead atoms. The number of hydrogen-bond donors (Lipinski definition) is 3. The van der Waals surface area contributed by atoms with E-state index in [2.05, 4.69) is 26.2 Å². The van der Waals surface area contributed by atoms with Crippen LogP contribution in [-0.2, 0) is 0 Å². The highest BCUT2D eigenvalue weighted by molar-refractivity contribution is 9.10. The van der Waals surface area contributed by atoms with E-state index in [0.29, 0.717) is 29.4 Å². The lowest BCUT2D eigenvalue weighted by atomic mass is 10.1. The van der Waals surface area contributed by atoms with E-state index < -0.39 is 11.8 Å². The van der Waals surface area contributed by atoms with E-state index in [1.165, 1.54) is 18.3 Å². The van der Waals surface area contributed by atoms with E-state index in [9.17, 15) is 19.4 Å². The summed E-state index contributed by atoms with van der Waals surface area (Å²) in [5.41, 5.74) is 0.830. The Bertz CT molecular complexity index is 753. The zero-order valence-corrected chi connectivity index (χ0v) is 13.1. The lowest BCUT2D eigenvalue weighted by Crippen LogP contribution is -2.19. The molecule has 2 aromatic rings. The van der Waals surface area contributed by atoms with E-state index in [1.807, 2.05) is 0 Å². The SMILES string of the molecule is O=C(O)c1cnc2cc(F)c(Br)cc2c1N[C@H]1CC[C@H](O)C1. The summed E-state index contributed by atoms with van der Waals surface area (Å²) in [6, 6.07) is 2.78. The maximum absolute atomic E-state index is 13.6. The summed E-state index contributed by atoms with van der Waals surface area (Å²) in [4.78, 5) is 15.5. The van der Waals surface area contributed by atoms with Gasteiger partial charge in [-0.3, -0.25) is 4.98 Å². The van der Waals surface area contributed by atoms with Gasteiger partial charge in [-0.15, -0.1) is 0 Å². The van der Waals surface area contributed by atoms with Gasteiger partial charge in [0.05, 0.1) is 21.8 Å². The zero-order valence-electron chi connectivity index (χ0n) is 11.5. The molecule has 1 aliphatic rings. The molecule has 1 fully saturated rings. The second-order valence-corrected chi connectivity index (χ2v) is 6.30. The van der Waals surface area contributed by atoms with Crippen molar-refractivity contribution >= 4 is 38.5 Å². The van der Waals surface area contributed by atoms with Gasteiger partial charge >= 0.3 is 5.97 Å². The Labute approximate surface area is 134 Å². The number of fused-ring (bicyclic) bond motifs is 1. The van der Waals surface area contributed by atoms with Crippen LogP contribution in [-0.4, -0.2) is 33.3 Å². The maximum atomic E-state index is 13.6. The molecule has 1 aliphatic carbocycles. The normalized spacial score (nSPS) is 21.2. The summed E-state index contributed by atoms with van der Waals surface area (Å²) < 4.78 is 13.9. The van der Waals surface area contributed by atoms with Gasteiger partial charge in [-0.25, -0.2) is 9.18 Å². The van der Waals surface area contributed by atoms with E-state index in [1.54, 1.807) is 0 Å². The highest BCUT2D eigenvalue weighted by Crippen LogP contribution is 2.33. The van der Waals surface area contributed by atoms with Gasteiger partial charge in [0.25, 0.3) is 0 Å². The number of hydrogen-bond acceptors (Lipinski definition) is 4. The Morgan fingerprint density at radius 1 is 1.41 bits per heavy atom. The molecule has 5 nitrogen and oxygen atoms in total. The molecule has 0 spiro atoms. The quantitative estimate of drug-likeness (QED) is 0.774. The third kappa shape index (κ3) is 2.78. The van der Waals surface area contributed by atoms with Crippen LogP contribution >= 0.6 is 15.9 Å². The first-order valence-corrected chi connectivity index (χ1v) is 7.70. The number of carboxylic acid groups (broad SMARTS) is 1. The van der Waals surface area contributed by atoms with Crippen LogP contribution in [0.5, 0.6) is 0 Å². The number of carboxylic acids is 1. The van der Waals surface area contributed by atoms with E-state index in [4.69, 9.17) is 0 Å². The van der Waals surface area contributed by atoms with E-state index >= 15 is 0 Å². The summed E-state index contributed by atoms with van der Waals surface area (Å²) in [6.45, 7) is 0. The summed E-state index contributed by atoms with van der Waals surface area (Å²) >= 11 is 3.12. The van der Waals surface area contributed by atoms with Gasteiger partial charge in [0, 0.05) is 23.7 Å². The lowest BCUT2D eigenvalue weighted by molar-refractivity contribution is 0.0697. The number of aliphatic hydroxyl groups is 1. The Morgan fingerprint density at radius 3 is 2.82 bits per heavy atom. The highest BCUT2D eigenvalue weighted by atomic mass is 79.9. The number of nitrogens with zero attached hydrogens (tertiary/aromatic N) is 1. The molecule has 0 saturated heterocycles. The predicted octanol–water partition coefficient (Wildman–Crippen LogP) is 3.16. The van der Waals surface area contributed by atoms with Crippen molar-refractivity contribution in [2.45, 2.75) is 31.4 Å². The Kier molecular flexibility index (Phi) is 4.01. The van der Waals surface area contributed by atoms with Crippen molar-refractivity contribution in [1.29, 1.82) is 0 Å². The fourth-order valence-electron chi connectivity index (χ4n) is 2.80. The molecule has 0 unspecified atom stereocenters. The van der Waals surface area contributed by atoms with Crippen molar-refractivity contribution < 1.29 is 19.4 Å². The van der Waals surface area contributed by atoms with Crippen molar-refractivity contribution in [2.24, 2.45) is 0 Å². The molecule has 3 rings (SSSR count). The monoisotopic (exact) mass is 368 g/mol. The summed E-state index contributed by atoms with van der Waals surface area (Å²) in [6.07, 6.45) is 2.85. The predicted molar refractivity (Wildman–Crippen MR) is 83.6 cm³/mol. The molecule has 0 radical (unpaired) electrons. The molecule has 1 aromatic heterocycles. The largest absolute Gasteiger partial charge is 0.478 e. The number of rotatable bonds is 3. The first-order valence-electron chi connectivity index (χ1n) is 6.91. The fourth-order valence-corrected chi connectivity index (χ4v) is 3.14. The molecular formula is C15H14BrFN2O3. The van der Waals surface area contributed by atoms with Crippen LogP contribution in [0.25, 0.3) is 10.9 Å². The Morgan fingerprint density at radius 2 is 2.18 bits per heavy atom. The minimum absolute atomic E-state index is 0.0115. The highest BCUT2D eigenvalue weighted by Gasteiger charge is 2.25. The van der Waals surface area contributed by atoms with Gasteiger partial charge in [-0.2, -0.15) is 0 Å². The van der Waals surface area contributed by atoms with Crippen LogP contribution in [0.1, 0.15) is 29.6 Å². The maximum Gasteiger partial charge on any atom is 0.339 e. The number of nitrogens with one attached hydrogen (secondary N) is 1. The van der Waals surface area contributed by atoms with Crippen molar-refractivity contribution in [3.05, 3.63) is 34.2 Å². The molecule has 116 valence electrons. The number of anilines is 1. The number of benzene rings is 1. The third-order valence-corrected chi connectivity index (χ3v) is 4.50. The van der Waals surface area contributed by atoms with Crippen molar-refractivity contribution in [1.82, 2.24) is 4.98 Å². The molecule has 22 heavy (non-hydrogen) atoms. The number of aliphatic hydroxyl groups excluding tert-OH is 1. The average molecular weight is 369 g/mol. The van der Waals surface area contributed by atoms with Crippen molar-refractivity contribution in [3.8, 4) is 0 Å². The van der Waals surface area contributed by atoms with Gasteiger partial charge < -0.3 is 15.5 Å². The second kappa shape index (κ2) is 5.81. The smallest absolute Gasteiger partial charge is 0.339 e. The topological polar surface area (TPSA) is 82.5 Å². The molecule has 2 atom stereocenters. The van der Waals surface area contributed by atoms with Crippen molar-refractivity contribution in [3.63, 3.8) is 0 Å². The first kappa shape index (κ1) is 15.2. The standard InChI is InChI=1S/C15H14BrFN2O3/c16-11-4-9-13(5-12(11)17)18-6-10(15(21)22)14(9)19-7-1-2-8(20)3-7/h4-8,20H,1-3H2,(H,18,19)(H,21,22)/t7-,8-/m0/s1. The molecule has 1 heterocycles. The number of aromatic nitrogens is 1. The van der Waals surface area contributed by atoms with Crippen LogP contribution < -0.4 is 5.32 Å². The Balaban J connectivity index is 2.12. The van der Waals surface area contributed by atoms with Crippen LogP contribution in [0, 0.1) is 5.82 Å². The zero-order chi connectivity index (χ0) is 15.9. The number of carbonyl (C=O) groups is 1. The minimum atomic E-state index is -1.10. The summed E-state index contributed by atoms with van der Waals surface area (Å²) in [5.74, 6) is -1.55. The number of pyridine rings is 1. The van der Waals surface area contributed by atoms with E-state index in [0.717, 1.165) is 6.42 Å². The third-order valence-electron chi connectivity index (χ3n) is 3.89. The van der Waals surface area contributed by atoms with Gasteiger partial charge in [0.2, 0.25) is 0 Å². The molecule has 7 heteroatoms. The summed E-state index contributed by atoms with van der Waals surface area (Å²) in [7, 11) is 0. The van der Waals surface area contributed by atoms with Crippen LogP contribution in [0.15, 0.2) is 22.8 Å². The first-order chi connectivity index (χ1) is 10.5. The Hall–Kier alpha value is -1.73. The molecule has 3 N–H and O–H groups in total. The molecule has 1 aromatic carbocycles. The molecular weight excluding hydrogens is 355 g/mol. The number of halogens is 2. The van der Waals surface area contributed by atoms with Crippen molar-refractivity contribution in [2.75, 3.05) is 5.32 Å². The minimum Gasteiger partial charge on any atom is -0.478 e. The lowest BCUT2D eigenvalue weighted by Gasteiger charge is -2.18. The summed E-state index contributed by atoms with van der Waals surface area (Å²) in [5, 5.41) is 22.7. The molecule has 1 saturated carbocycles. The number of aromatic carboxylic acids is 1. The van der Waals surface area contributed by atoms with Crippen LogP contribution in [0.4, 0.5) is 10.1 Å². The van der Waals surface area contributed by atoms with Gasteiger partial charge in [0.1, 0.15) is 11.4 Å². The van der Waals surface area contributed by atoms with Gasteiger partial charge in [0.15, 0.2) is 0 Å². The van der Waals surface area contributed by atoms with Crippen LogP contribution in [0.3, 0.4) is 0 Å².